The summed E-state index contributed by atoms with van der Waals surface area (Å²) < 4.78 is 16.8. The Balaban J connectivity index is 4.33. The minimum atomic E-state index is -0.792. The Kier molecular flexibility index (Phi) is 54.4. The molecular weight excluding hydrogens is 865 g/mol. The zero-order valence-electron chi connectivity index (χ0n) is 45.5. The Hall–Kier alpha value is -3.93. The molecule has 0 rings (SSSR count). The minimum absolute atomic E-state index is 0.0900. The van der Waals surface area contributed by atoms with Gasteiger partial charge in [0.05, 0.1) is 0 Å². The van der Waals surface area contributed by atoms with Crippen LogP contribution in [0.1, 0.15) is 258 Å². The molecule has 0 spiro atoms. The molecule has 0 aliphatic heterocycles. The molecule has 0 saturated heterocycles. The average molecular weight is 972 g/mol. The van der Waals surface area contributed by atoms with E-state index in [1.54, 1.807) is 0 Å². The van der Waals surface area contributed by atoms with Crippen LogP contribution < -0.4 is 0 Å². The van der Waals surface area contributed by atoms with Crippen molar-refractivity contribution in [3.05, 3.63) is 109 Å². The lowest BCUT2D eigenvalue weighted by atomic mass is 10.1. The van der Waals surface area contributed by atoms with Crippen LogP contribution >= 0.6 is 0 Å². The maximum atomic E-state index is 12.8. The maximum Gasteiger partial charge on any atom is 0.306 e. The number of hydrogen-bond acceptors (Lipinski definition) is 6. The minimum Gasteiger partial charge on any atom is -0.462 e. The van der Waals surface area contributed by atoms with E-state index in [2.05, 4.69) is 130 Å². The largest absolute Gasteiger partial charge is 0.462 e. The zero-order chi connectivity index (χ0) is 50.7. The summed E-state index contributed by atoms with van der Waals surface area (Å²) in [6.45, 7) is 6.33. The number of allylic oxidation sites excluding steroid dienone is 18. The second kappa shape index (κ2) is 57.6. The summed E-state index contributed by atoms with van der Waals surface area (Å²) in [5, 5.41) is 0. The van der Waals surface area contributed by atoms with E-state index in [0.29, 0.717) is 19.3 Å². The van der Waals surface area contributed by atoms with Crippen molar-refractivity contribution in [1.29, 1.82) is 0 Å². The molecule has 6 nitrogen and oxygen atoms in total. The molecule has 70 heavy (non-hydrogen) atoms. The highest BCUT2D eigenvalue weighted by Crippen LogP contribution is 2.15. The molecule has 0 bridgehead atoms. The monoisotopic (exact) mass is 971 g/mol. The van der Waals surface area contributed by atoms with E-state index in [1.807, 2.05) is 0 Å². The van der Waals surface area contributed by atoms with Crippen molar-refractivity contribution >= 4 is 17.9 Å². The van der Waals surface area contributed by atoms with E-state index in [0.717, 1.165) is 141 Å². The van der Waals surface area contributed by atoms with E-state index in [9.17, 15) is 14.4 Å². The summed E-state index contributed by atoms with van der Waals surface area (Å²) in [4.78, 5) is 38.1. The Bertz CT molecular complexity index is 1440. The van der Waals surface area contributed by atoms with Crippen molar-refractivity contribution < 1.29 is 28.6 Å². The van der Waals surface area contributed by atoms with Crippen LogP contribution in [-0.4, -0.2) is 37.2 Å². The van der Waals surface area contributed by atoms with Gasteiger partial charge >= 0.3 is 17.9 Å². The summed E-state index contributed by atoms with van der Waals surface area (Å²) in [6, 6.07) is 0. The van der Waals surface area contributed by atoms with E-state index in [1.165, 1.54) is 77.0 Å². The lowest BCUT2D eigenvalue weighted by molar-refractivity contribution is -0.167. The molecule has 0 aromatic rings. The topological polar surface area (TPSA) is 78.9 Å². The van der Waals surface area contributed by atoms with Crippen LogP contribution in [0.5, 0.6) is 0 Å². The molecule has 0 radical (unpaired) electrons. The standard InChI is InChI=1S/C64H106O6/c1-4-7-10-13-16-19-22-24-26-28-30-31-32-33-35-36-38-40-42-45-48-51-54-57-63(66)69-60-61(59-68-62(65)56-53-50-47-44-21-18-15-12-9-6-3)70-64(67)58-55-52-49-46-43-41-39-37-34-29-27-25-23-20-17-14-11-8-5-2/h7-8,10-12,15-17,19-20,24-27,30-31,34,37,61H,4-6,9,13-14,18,21-23,28-29,32-33,35-36,38-60H2,1-3H3/b10-7-,11-8-,15-12-,19-16-,20-17-,26-24-,27-25-,31-30-,37-34-. The molecule has 0 N–H and O–H groups in total. The fraction of sp³-hybridized carbons (Fsp3) is 0.672. The van der Waals surface area contributed by atoms with Gasteiger partial charge in [-0.25, -0.2) is 0 Å². The summed E-state index contributed by atoms with van der Waals surface area (Å²) >= 11 is 0. The van der Waals surface area contributed by atoms with Crippen molar-refractivity contribution in [2.45, 2.75) is 264 Å². The molecule has 0 heterocycles. The van der Waals surface area contributed by atoms with Gasteiger partial charge in [0, 0.05) is 19.3 Å². The molecule has 0 amide bonds. The summed E-state index contributed by atoms with van der Waals surface area (Å²) in [6.07, 6.45) is 78.0. The molecular formula is C64H106O6. The van der Waals surface area contributed by atoms with E-state index < -0.39 is 6.10 Å². The SMILES string of the molecule is CC/C=C\C/C=C\C/C=C\C/C=C\CCCCCCCCCCCCC(=O)OCC(COC(=O)CCCCCCC/C=C\CCC)OC(=O)CCCCCCCC/C=C\C/C=C\C/C=C\C/C=C\CC. The van der Waals surface area contributed by atoms with Gasteiger partial charge in [-0.05, 0) is 116 Å². The van der Waals surface area contributed by atoms with Gasteiger partial charge in [-0.1, -0.05) is 233 Å². The van der Waals surface area contributed by atoms with Gasteiger partial charge in [0.2, 0.25) is 0 Å². The fourth-order valence-corrected chi connectivity index (χ4v) is 7.72. The number of carbonyl (C=O) groups excluding carboxylic acids is 3. The first kappa shape index (κ1) is 66.1. The third-order valence-electron chi connectivity index (χ3n) is 12.0. The molecule has 0 saturated carbocycles. The predicted octanol–water partition coefficient (Wildman–Crippen LogP) is 19.5. The molecule has 398 valence electrons. The van der Waals surface area contributed by atoms with E-state index in [4.69, 9.17) is 14.2 Å². The van der Waals surface area contributed by atoms with Crippen LogP contribution in [0, 0.1) is 0 Å². The Morgan fingerprint density at radius 3 is 0.886 bits per heavy atom. The highest BCUT2D eigenvalue weighted by atomic mass is 16.6. The quantitative estimate of drug-likeness (QED) is 0.0262. The third-order valence-corrected chi connectivity index (χ3v) is 12.0. The van der Waals surface area contributed by atoms with Crippen LogP contribution in [0.4, 0.5) is 0 Å². The van der Waals surface area contributed by atoms with Gasteiger partial charge in [-0.2, -0.15) is 0 Å². The smallest absolute Gasteiger partial charge is 0.306 e. The second-order valence-electron chi connectivity index (χ2n) is 18.8. The summed E-state index contributed by atoms with van der Waals surface area (Å²) in [5.74, 6) is -0.919. The van der Waals surface area contributed by atoms with Gasteiger partial charge in [-0.3, -0.25) is 14.4 Å². The lowest BCUT2D eigenvalue weighted by Crippen LogP contribution is -2.30. The first-order valence-corrected chi connectivity index (χ1v) is 28.9. The maximum absolute atomic E-state index is 12.8. The Morgan fingerprint density at radius 1 is 0.300 bits per heavy atom. The molecule has 0 aliphatic carbocycles. The first-order chi connectivity index (χ1) is 34.5. The number of esters is 3. The predicted molar refractivity (Wildman–Crippen MR) is 302 cm³/mol. The van der Waals surface area contributed by atoms with E-state index >= 15 is 0 Å². The molecule has 0 aromatic heterocycles. The molecule has 0 aliphatic rings. The van der Waals surface area contributed by atoms with Gasteiger partial charge in [0.15, 0.2) is 6.10 Å². The van der Waals surface area contributed by atoms with Crippen LogP contribution in [0.2, 0.25) is 0 Å². The average Bonchev–Trinajstić information content (AvgIpc) is 3.36. The second-order valence-corrected chi connectivity index (χ2v) is 18.8. The van der Waals surface area contributed by atoms with Crippen LogP contribution in [0.15, 0.2) is 109 Å². The number of unbranched alkanes of at least 4 members (excludes halogenated alkanes) is 22. The molecule has 0 fully saturated rings. The van der Waals surface area contributed by atoms with Crippen molar-refractivity contribution in [2.24, 2.45) is 0 Å². The number of ether oxygens (including phenoxy) is 3. The first-order valence-electron chi connectivity index (χ1n) is 28.9. The fourth-order valence-electron chi connectivity index (χ4n) is 7.72. The highest BCUT2D eigenvalue weighted by Gasteiger charge is 2.19. The van der Waals surface area contributed by atoms with Gasteiger partial charge < -0.3 is 14.2 Å². The third kappa shape index (κ3) is 55.0. The highest BCUT2D eigenvalue weighted by molar-refractivity contribution is 5.71. The molecule has 1 unspecified atom stereocenters. The number of rotatable bonds is 51. The molecule has 6 heteroatoms. The molecule has 1 atom stereocenters. The van der Waals surface area contributed by atoms with Gasteiger partial charge in [0.1, 0.15) is 13.2 Å². The van der Waals surface area contributed by atoms with E-state index in [-0.39, 0.29) is 31.1 Å². The van der Waals surface area contributed by atoms with Gasteiger partial charge in [-0.15, -0.1) is 0 Å². The lowest BCUT2D eigenvalue weighted by Gasteiger charge is -2.18. The van der Waals surface area contributed by atoms with Crippen LogP contribution in [0.3, 0.4) is 0 Å². The Labute approximate surface area is 431 Å². The van der Waals surface area contributed by atoms with Crippen molar-refractivity contribution in [3.8, 4) is 0 Å². The van der Waals surface area contributed by atoms with Crippen LogP contribution in [-0.2, 0) is 28.6 Å². The number of carbonyl (C=O) groups is 3. The summed E-state index contributed by atoms with van der Waals surface area (Å²) in [5.41, 5.74) is 0. The van der Waals surface area contributed by atoms with Crippen LogP contribution in [0.25, 0.3) is 0 Å². The van der Waals surface area contributed by atoms with Crippen molar-refractivity contribution in [2.75, 3.05) is 13.2 Å². The number of hydrogen-bond donors (Lipinski definition) is 0. The molecule has 0 aromatic carbocycles. The Morgan fingerprint density at radius 2 is 0.557 bits per heavy atom. The normalized spacial score (nSPS) is 12.9. The van der Waals surface area contributed by atoms with Gasteiger partial charge in [0.25, 0.3) is 0 Å². The van der Waals surface area contributed by atoms with Crippen molar-refractivity contribution in [1.82, 2.24) is 0 Å². The van der Waals surface area contributed by atoms with Crippen molar-refractivity contribution in [3.63, 3.8) is 0 Å². The summed E-state index contributed by atoms with van der Waals surface area (Å²) in [7, 11) is 0. The zero-order valence-corrected chi connectivity index (χ0v) is 45.5.